The van der Waals surface area contributed by atoms with Gasteiger partial charge in [0.15, 0.2) is 0 Å². The van der Waals surface area contributed by atoms with Gasteiger partial charge < -0.3 is 5.11 Å². The van der Waals surface area contributed by atoms with Gasteiger partial charge in [-0.3, -0.25) is 9.69 Å². The number of aliphatic carboxylic acids is 1. The molecule has 3 heteroatoms. The van der Waals surface area contributed by atoms with Gasteiger partial charge in [-0.2, -0.15) is 0 Å². The van der Waals surface area contributed by atoms with Crippen molar-refractivity contribution in [3.05, 3.63) is 0 Å². The maximum Gasteiger partial charge on any atom is 0.311 e. The average Bonchev–Trinajstić information content (AvgIpc) is 2.74. The molecule has 0 aromatic heterocycles. The van der Waals surface area contributed by atoms with Gasteiger partial charge in [0.05, 0.1) is 5.41 Å². The van der Waals surface area contributed by atoms with Crippen molar-refractivity contribution in [2.45, 2.75) is 65.8 Å². The number of carboxylic acids is 1. The van der Waals surface area contributed by atoms with Crippen LogP contribution in [0.15, 0.2) is 0 Å². The Balaban J connectivity index is 2.75. The van der Waals surface area contributed by atoms with Gasteiger partial charge in [0.1, 0.15) is 0 Å². The van der Waals surface area contributed by atoms with Crippen molar-refractivity contribution < 1.29 is 9.90 Å². The molecule has 18 heavy (non-hydrogen) atoms. The molecule has 3 nitrogen and oxygen atoms in total. The lowest BCUT2D eigenvalue weighted by atomic mass is 9.76. The zero-order chi connectivity index (χ0) is 13.8. The molecule has 1 atom stereocenters. The SMILES string of the molecule is CCCC(CCC)N1CCC(C(=O)O)(C(C)C)C1. The summed E-state index contributed by atoms with van der Waals surface area (Å²) in [6, 6.07) is 0.583. The van der Waals surface area contributed by atoms with Crippen LogP contribution in [-0.4, -0.2) is 35.1 Å². The standard InChI is InChI=1S/C15H29NO2/c1-5-7-13(8-6-2)16-10-9-15(11-16,12(3)4)14(17)18/h12-13H,5-11H2,1-4H3,(H,17,18). The fraction of sp³-hybridized carbons (Fsp3) is 0.933. The van der Waals surface area contributed by atoms with Gasteiger partial charge in [-0.1, -0.05) is 40.5 Å². The maximum atomic E-state index is 11.6. The van der Waals surface area contributed by atoms with Crippen LogP contribution in [0.25, 0.3) is 0 Å². The van der Waals surface area contributed by atoms with E-state index in [-0.39, 0.29) is 5.92 Å². The van der Waals surface area contributed by atoms with Crippen LogP contribution in [-0.2, 0) is 4.79 Å². The van der Waals surface area contributed by atoms with Crippen LogP contribution in [0.5, 0.6) is 0 Å². The van der Waals surface area contributed by atoms with E-state index in [0.717, 1.165) is 19.5 Å². The van der Waals surface area contributed by atoms with Gasteiger partial charge in [-0.25, -0.2) is 0 Å². The van der Waals surface area contributed by atoms with Crippen LogP contribution in [0.2, 0.25) is 0 Å². The highest BCUT2D eigenvalue weighted by Crippen LogP contribution is 2.39. The third-order valence-corrected chi connectivity index (χ3v) is 4.62. The maximum absolute atomic E-state index is 11.6. The second kappa shape index (κ2) is 6.55. The van der Waals surface area contributed by atoms with E-state index in [1.165, 1.54) is 25.7 Å². The topological polar surface area (TPSA) is 40.5 Å². The Kier molecular flexibility index (Phi) is 5.64. The highest BCUT2D eigenvalue weighted by molar-refractivity contribution is 5.75. The highest BCUT2D eigenvalue weighted by atomic mass is 16.4. The molecular weight excluding hydrogens is 226 g/mol. The van der Waals surface area contributed by atoms with Gasteiger partial charge in [0.25, 0.3) is 0 Å². The Hall–Kier alpha value is -0.570. The van der Waals surface area contributed by atoms with Crippen LogP contribution >= 0.6 is 0 Å². The van der Waals surface area contributed by atoms with E-state index in [9.17, 15) is 9.90 Å². The summed E-state index contributed by atoms with van der Waals surface area (Å²) in [6.45, 7) is 10.2. The van der Waals surface area contributed by atoms with Gasteiger partial charge in [-0.05, 0) is 31.7 Å². The number of nitrogens with zero attached hydrogens (tertiary/aromatic N) is 1. The number of hydrogen-bond acceptors (Lipinski definition) is 2. The van der Waals surface area contributed by atoms with Crippen molar-refractivity contribution >= 4 is 5.97 Å². The summed E-state index contributed by atoms with van der Waals surface area (Å²) in [5.41, 5.74) is -0.514. The van der Waals surface area contributed by atoms with E-state index in [1.807, 2.05) is 13.8 Å². The summed E-state index contributed by atoms with van der Waals surface area (Å²) in [5, 5.41) is 9.57. The fourth-order valence-electron chi connectivity index (χ4n) is 3.24. The largest absolute Gasteiger partial charge is 0.481 e. The summed E-state index contributed by atoms with van der Waals surface area (Å²) in [4.78, 5) is 14.1. The molecule has 0 aliphatic carbocycles. The molecule has 0 radical (unpaired) electrons. The third-order valence-electron chi connectivity index (χ3n) is 4.62. The Morgan fingerprint density at radius 3 is 2.17 bits per heavy atom. The van der Waals surface area contributed by atoms with Crippen LogP contribution in [0.3, 0.4) is 0 Å². The van der Waals surface area contributed by atoms with E-state index in [2.05, 4.69) is 18.7 Å². The molecule has 0 bridgehead atoms. The summed E-state index contributed by atoms with van der Waals surface area (Å²) in [6.07, 6.45) is 5.57. The molecule has 1 fully saturated rings. The first kappa shape index (κ1) is 15.5. The van der Waals surface area contributed by atoms with Crippen molar-refractivity contribution in [3.63, 3.8) is 0 Å². The molecule has 0 amide bonds. The van der Waals surface area contributed by atoms with Crippen molar-refractivity contribution in [3.8, 4) is 0 Å². The van der Waals surface area contributed by atoms with Gasteiger partial charge >= 0.3 is 5.97 Å². The monoisotopic (exact) mass is 255 g/mol. The van der Waals surface area contributed by atoms with Crippen LogP contribution in [0.1, 0.15) is 59.8 Å². The molecule has 1 N–H and O–H groups in total. The molecule has 1 rings (SSSR count). The Bertz CT molecular complexity index is 272. The van der Waals surface area contributed by atoms with E-state index >= 15 is 0 Å². The molecule has 1 heterocycles. The molecular formula is C15H29NO2. The van der Waals surface area contributed by atoms with Gasteiger partial charge in [0, 0.05) is 12.6 Å². The predicted octanol–water partition coefficient (Wildman–Crippen LogP) is 3.39. The molecule has 0 saturated carbocycles. The lowest BCUT2D eigenvalue weighted by Crippen LogP contribution is -2.41. The zero-order valence-electron chi connectivity index (χ0n) is 12.4. The number of rotatable bonds is 7. The summed E-state index contributed by atoms with van der Waals surface area (Å²) >= 11 is 0. The first-order chi connectivity index (χ1) is 8.47. The minimum atomic E-state index is -0.605. The molecule has 0 aromatic rings. The molecule has 1 aliphatic rings. The second-order valence-corrected chi connectivity index (χ2v) is 6.07. The summed E-state index contributed by atoms with van der Waals surface area (Å²) in [7, 11) is 0. The molecule has 1 saturated heterocycles. The zero-order valence-corrected chi connectivity index (χ0v) is 12.4. The normalized spacial score (nSPS) is 25.2. The Morgan fingerprint density at radius 1 is 1.28 bits per heavy atom. The lowest BCUT2D eigenvalue weighted by Gasteiger charge is -2.32. The quantitative estimate of drug-likeness (QED) is 0.758. The highest BCUT2D eigenvalue weighted by Gasteiger charge is 2.48. The average molecular weight is 255 g/mol. The van der Waals surface area contributed by atoms with E-state index in [1.54, 1.807) is 0 Å². The predicted molar refractivity (Wildman–Crippen MR) is 74.7 cm³/mol. The lowest BCUT2D eigenvalue weighted by molar-refractivity contribution is -0.151. The van der Waals surface area contributed by atoms with Crippen molar-refractivity contribution in [2.75, 3.05) is 13.1 Å². The van der Waals surface area contributed by atoms with Gasteiger partial charge in [-0.15, -0.1) is 0 Å². The summed E-state index contributed by atoms with van der Waals surface area (Å²) in [5.74, 6) is -0.393. The van der Waals surface area contributed by atoms with E-state index < -0.39 is 11.4 Å². The van der Waals surface area contributed by atoms with E-state index in [0.29, 0.717) is 6.04 Å². The van der Waals surface area contributed by atoms with Crippen LogP contribution in [0, 0.1) is 11.3 Å². The number of carboxylic acid groups (broad SMARTS) is 1. The first-order valence-corrected chi connectivity index (χ1v) is 7.45. The second-order valence-electron chi connectivity index (χ2n) is 6.07. The number of hydrogen-bond donors (Lipinski definition) is 1. The van der Waals surface area contributed by atoms with Crippen LogP contribution in [0.4, 0.5) is 0 Å². The van der Waals surface area contributed by atoms with Crippen molar-refractivity contribution in [2.24, 2.45) is 11.3 Å². The van der Waals surface area contributed by atoms with Crippen LogP contribution < -0.4 is 0 Å². The van der Waals surface area contributed by atoms with Crippen molar-refractivity contribution in [1.29, 1.82) is 0 Å². The van der Waals surface area contributed by atoms with Crippen molar-refractivity contribution in [1.82, 2.24) is 4.90 Å². The minimum Gasteiger partial charge on any atom is -0.481 e. The molecule has 0 aromatic carbocycles. The molecule has 1 aliphatic heterocycles. The summed E-state index contributed by atoms with van der Waals surface area (Å²) < 4.78 is 0. The Morgan fingerprint density at radius 2 is 1.83 bits per heavy atom. The smallest absolute Gasteiger partial charge is 0.311 e. The third kappa shape index (κ3) is 3.05. The number of carbonyl (C=O) groups is 1. The molecule has 1 unspecified atom stereocenters. The van der Waals surface area contributed by atoms with E-state index in [4.69, 9.17) is 0 Å². The number of likely N-dealkylation sites (tertiary alicyclic amines) is 1. The fourth-order valence-corrected chi connectivity index (χ4v) is 3.24. The first-order valence-electron chi connectivity index (χ1n) is 7.45. The van der Waals surface area contributed by atoms with Gasteiger partial charge in [0.2, 0.25) is 0 Å². The molecule has 106 valence electrons. The Labute approximate surface area is 112 Å². The molecule has 0 spiro atoms. The minimum absolute atomic E-state index is 0.212.